The zero-order valence-corrected chi connectivity index (χ0v) is 16.0. The predicted octanol–water partition coefficient (Wildman–Crippen LogP) is 2.51. The Morgan fingerprint density at radius 3 is 2.48 bits per heavy atom. The van der Waals surface area contributed by atoms with Crippen LogP contribution in [0.25, 0.3) is 0 Å². The topological polar surface area (TPSA) is 112 Å². The molecule has 0 aromatic heterocycles. The van der Waals surface area contributed by atoms with Crippen molar-refractivity contribution in [1.29, 1.82) is 5.26 Å². The number of nitro benzene ring substituents is 1. The SMILES string of the molecule is COC(=O)CN1CCN(c2ccc(Nc3ccc(C#N)cc3[N+](=O)[O-])cc2)CC1. The van der Waals surface area contributed by atoms with Crippen LogP contribution in [0.3, 0.4) is 0 Å². The van der Waals surface area contributed by atoms with Crippen molar-refractivity contribution >= 4 is 28.7 Å². The van der Waals surface area contributed by atoms with E-state index in [1.807, 2.05) is 30.3 Å². The maximum absolute atomic E-state index is 11.4. The lowest BCUT2D eigenvalue weighted by atomic mass is 10.1. The molecule has 2 aromatic rings. The van der Waals surface area contributed by atoms with Crippen LogP contribution in [0.4, 0.5) is 22.7 Å². The molecule has 9 heteroatoms. The number of anilines is 3. The Morgan fingerprint density at radius 2 is 1.90 bits per heavy atom. The van der Waals surface area contributed by atoms with Gasteiger partial charge in [-0.3, -0.25) is 19.8 Å². The summed E-state index contributed by atoms with van der Waals surface area (Å²) in [5.74, 6) is -0.231. The van der Waals surface area contributed by atoms with Gasteiger partial charge < -0.3 is 15.0 Å². The van der Waals surface area contributed by atoms with Crippen LogP contribution >= 0.6 is 0 Å². The molecule has 1 N–H and O–H groups in total. The first kappa shape index (κ1) is 20.1. The van der Waals surface area contributed by atoms with E-state index in [2.05, 4.69) is 15.1 Å². The van der Waals surface area contributed by atoms with Crippen LogP contribution in [0.1, 0.15) is 5.56 Å². The lowest BCUT2D eigenvalue weighted by Crippen LogP contribution is -2.48. The van der Waals surface area contributed by atoms with Crippen LogP contribution in [0.2, 0.25) is 0 Å². The van der Waals surface area contributed by atoms with Crippen molar-refractivity contribution < 1.29 is 14.5 Å². The van der Waals surface area contributed by atoms with Crippen LogP contribution in [0, 0.1) is 21.4 Å². The Bertz CT molecular complexity index is 931. The van der Waals surface area contributed by atoms with Crippen molar-refractivity contribution in [2.45, 2.75) is 0 Å². The van der Waals surface area contributed by atoms with Gasteiger partial charge in [-0.2, -0.15) is 5.26 Å². The first-order valence-electron chi connectivity index (χ1n) is 9.10. The monoisotopic (exact) mass is 395 g/mol. The third kappa shape index (κ3) is 5.00. The summed E-state index contributed by atoms with van der Waals surface area (Å²) < 4.78 is 4.70. The third-order valence-electron chi connectivity index (χ3n) is 4.79. The number of nitriles is 1. The average molecular weight is 395 g/mol. The molecule has 2 aromatic carbocycles. The number of methoxy groups -OCH3 is 1. The van der Waals surface area contributed by atoms with Crippen molar-refractivity contribution in [2.75, 3.05) is 50.1 Å². The molecule has 0 amide bonds. The number of carbonyl (C=O) groups excluding carboxylic acids is 1. The van der Waals surface area contributed by atoms with Gasteiger partial charge in [-0.1, -0.05) is 0 Å². The van der Waals surface area contributed by atoms with Crippen LogP contribution < -0.4 is 10.2 Å². The number of benzene rings is 2. The maximum atomic E-state index is 11.4. The number of rotatable bonds is 6. The lowest BCUT2D eigenvalue weighted by Gasteiger charge is -2.35. The third-order valence-corrected chi connectivity index (χ3v) is 4.79. The van der Waals surface area contributed by atoms with E-state index in [1.165, 1.54) is 25.3 Å². The van der Waals surface area contributed by atoms with E-state index in [0.717, 1.165) is 31.9 Å². The molecule has 1 saturated heterocycles. The van der Waals surface area contributed by atoms with E-state index in [9.17, 15) is 14.9 Å². The fourth-order valence-electron chi connectivity index (χ4n) is 3.18. The van der Waals surface area contributed by atoms with Gasteiger partial charge in [0.05, 0.1) is 30.2 Å². The predicted molar refractivity (Wildman–Crippen MR) is 108 cm³/mol. The highest BCUT2D eigenvalue weighted by Gasteiger charge is 2.20. The molecule has 0 saturated carbocycles. The minimum atomic E-state index is -0.509. The quantitative estimate of drug-likeness (QED) is 0.451. The number of carbonyl (C=O) groups is 1. The van der Waals surface area contributed by atoms with Gasteiger partial charge in [0, 0.05) is 43.6 Å². The molecule has 29 heavy (non-hydrogen) atoms. The van der Waals surface area contributed by atoms with E-state index in [1.54, 1.807) is 0 Å². The van der Waals surface area contributed by atoms with Gasteiger partial charge in [-0.05, 0) is 36.4 Å². The molecule has 9 nitrogen and oxygen atoms in total. The van der Waals surface area contributed by atoms with Crippen molar-refractivity contribution in [3.8, 4) is 6.07 Å². The molecule has 3 rings (SSSR count). The number of piperazine rings is 1. The van der Waals surface area contributed by atoms with Gasteiger partial charge in [0.25, 0.3) is 5.69 Å². The number of hydrogen-bond acceptors (Lipinski definition) is 8. The first-order valence-corrected chi connectivity index (χ1v) is 9.10. The summed E-state index contributed by atoms with van der Waals surface area (Å²) in [5, 5.41) is 23.2. The summed E-state index contributed by atoms with van der Waals surface area (Å²) in [7, 11) is 1.39. The minimum Gasteiger partial charge on any atom is -0.468 e. The summed E-state index contributed by atoms with van der Waals surface area (Å²) in [6.07, 6.45) is 0. The molecule has 150 valence electrons. The summed E-state index contributed by atoms with van der Waals surface area (Å²) in [4.78, 5) is 26.4. The van der Waals surface area contributed by atoms with Crippen LogP contribution in [0.15, 0.2) is 42.5 Å². The van der Waals surface area contributed by atoms with E-state index in [0.29, 0.717) is 17.9 Å². The minimum absolute atomic E-state index is 0.144. The van der Waals surface area contributed by atoms with Crippen molar-refractivity contribution in [1.82, 2.24) is 4.90 Å². The largest absolute Gasteiger partial charge is 0.468 e. The highest BCUT2D eigenvalue weighted by atomic mass is 16.6. The molecule has 0 bridgehead atoms. The van der Waals surface area contributed by atoms with E-state index >= 15 is 0 Å². The van der Waals surface area contributed by atoms with E-state index in [-0.39, 0.29) is 17.2 Å². The smallest absolute Gasteiger partial charge is 0.319 e. The van der Waals surface area contributed by atoms with Crippen LogP contribution in [-0.4, -0.2) is 55.6 Å². The molecule has 0 spiro atoms. The number of nitrogens with one attached hydrogen (secondary N) is 1. The molecule has 1 heterocycles. The standard InChI is InChI=1S/C20H21N5O4/c1-29-20(26)14-23-8-10-24(11-9-23)17-5-3-16(4-6-17)22-18-7-2-15(13-21)12-19(18)25(27)28/h2-7,12,22H,8-11,14H2,1H3. The molecule has 1 aliphatic heterocycles. The van der Waals surface area contributed by atoms with Gasteiger partial charge in [0.1, 0.15) is 5.69 Å². The molecular weight excluding hydrogens is 374 g/mol. The van der Waals surface area contributed by atoms with Crippen LogP contribution in [0.5, 0.6) is 0 Å². The number of nitro groups is 1. The molecule has 1 aliphatic rings. The van der Waals surface area contributed by atoms with E-state index in [4.69, 9.17) is 10.00 Å². The molecule has 0 radical (unpaired) electrons. The lowest BCUT2D eigenvalue weighted by molar-refractivity contribution is -0.383. The highest BCUT2D eigenvalue weighted by Crippen LogP contribution is 2.29. The van der Waals surface area contributed by atoms with Gasteiger partial charge in [-0.15, -0.1) is 0 Å². The normalized spacial score (nSPS) is 14.1. The van der Waals surface area contributed by atoms with Crippen LogP contribution in [-0.2, 0) is 9.53 Å². The molecule has 0 aliphatic carbocycles. The van der Waals surface area contributed by atoms with Gasteiger partial charge >= 0.3 is 5.97 Å². The summed E-state index contributed by atoms with van der Waals surface area (Å²) in [6, 6.07) is 13.9. The second-order valence-corrected chi connectivity index (χ2v) is 6.61. The van der Waals surface area contributed by atoms with Gasteiger partial charge in [0.15, 0.2) is 0 Å². The second kappa shape index (κ2) is 9.03. The van der Waals surface area contributed by atoms with Gasteiger partial charge in [0.2, 0.25) is 0 Å². The zero-order valence-electron chi connectivity index (χ0n) is 16.0. The summed E-state index contributed by atoms with van der Waals surface area (Å²) >= 11 is 0. The highest BCUT2D eigenvalue weighted by molar-refractivity contribution is 5.72. The average Bonchev–Trinajstić information content (AvgIpc) is 2.75. The molecule has 0 unspecified atom stereocenters. The van der Waals surface area contributed by atoms with Crippen molar-refractivity contribution in [3.63, 3.8) is 0 Å². The first-order chi connectivity index (χ1) is 14.0. The number of esters is 1. The fourth-order valence-corrected chi connectivity index (χ4v) is 3.18. The summed E-state index contributed by atoms with van der Waals surface area (Å²) in [5.41, 5.74) is 2.19. The van der Waals surface area contributed by atoms with Crippen molar-refractivity contribution in [3.05, 3.63) is 58.1 Å². The Balaban J connectivity index is 1.64. The molecule has 1 fully saturated rings. The fraction of sp³-hybridized carbons (Fsp3) is 0.300. The summed E-state index contributed by atoms with van der Waals surface area (Å²) in [6.45, 7) is 3.44. The van der Waals surface area contributed by atoms with Gasteiger partial charge in [-0.25, -0.2) is 0 Å². The number of nitrogens with zero attached hydrogens (tertiary/aromatic N) is 4. The number of hydrogen-bond donors (Lipinski definition) is 1. The van der Waals surface area contributed by atoms with Crippen molar-refractivity contribution in [2.24, 2.45) is 0 Å². The Kier molecular flexibility index (Phi) is 6.26. The Hall–Kier alpha value is -3.64. The molecule has 0 atom stereocenters. The Labute approximate surface area is 168 Å². The number of ether oxygens (including phenoxy) is 1. The zero-order chi connectivity index (χ0) is 20.8. The Morgan fingerprint density at radius 1 is 1.21 bits per heavy atom. The second-order valence-electron chi connectivity index (χ2n) is 6.61. The molecular formula is C20H21N5O4. The maximum Gasteiger partial charge on any atom is 0.319 e. The van der Waals surface area contributed by atoms with E-state index < -0.39 is 4.92 Å².